The van der Waals surface area contributed by atoms with E-state index >= 15 is 0 Å². The molecular formula is C23H31FN3O3+. The molecule has 162 valence electrons. The summed E-state index contributed by atoms with van der Waals surface area (Å²) >= 11 is 0. The van der Waals surface area contributed by atoms with Crippen LogP contribution in [-0.4, -0.2) is 64.3 Å². The van der Waals surface area contributed by atoms with Crippen molar-refractivity contribution in [3.63, 3.8) is 0 Å². The molecule has 1 aliphatic rings. The predicted octanol–water partition coefficient (Wildman–Crippen LogP) is 1.60. The number of hydrogen-bond donors (Lipinski definition) is 1. The number of carbonyl (C=O) groups excluding carboxylic acids is 1. The fourth-order valence-electron chi connectivity index (χ4n) is 3.78. The highest BCUT2D eigenvalue weighted by Gasteiger charge is 2.24. The monoisotopic (exact) mass is 416 g/mol. The van der Waals surface area contributed by atoms with Crippen LogP contribution in [0.1, 0.15) is 12.5 Å². The molecule has 3 rings (SSSR count). The number of amides is 1. The Morgan fingerprint density at radius 2 is 1.80 bits per heavy atom. The smallest absolute Gasteiger partial charge is 0.278 e. The minimum absolute atomic E-state index is 0.0987. The first-order valence-corrected chi connectivity index (χ1v) is 10.4. The predicted molar refractivity (Wildman–Crippen MR) is 115 cm³/mol. The van der Waals surface area contributed by atoms with E-state index in [1.807, 2.05) is 19.1 Å². The van der Waals surface area contributed by atoms with Crippen molar-refractivity contribution >= 4 is 11.6 Å². The van der Waals surface area contributed by atoms with Crippen molar-refractivity contribution < 1.29 is 23.6 Å². The van der Waals surface area contributed by atoms with Gasteiger partial charge in [-0.3, -0.25) is 4.79 Å². The molecule has 1 fully saturated rings. The summed E-state index contributed by atoms with van der Waals surface area (Å²) in [5.41, 5.74) is 1.95. The Morgan fingerprint density at radius 1 is 1.10 bits per heavy atom. The van der Waals surface area contributed by atoms with Gasteiger partial charge in [-0.25, -0.2) is 4.39 Å². The fraction of sp³-hybridized carbons (Fsp3) is 0.435. The molecule has 6 nitrogen and oxygen atoms in total. The number of likely N-dealkylation sites (N-methyl/N-ethyl adjacent to an activating group) is 1. The van der Waals surface area contributed by atoms with E-state index in [4.69, 9.17) is 9.47 Å². The Kier molecular flexibility index (Phi) is 7.52. The average Bonchev–Trinajstić information content (AvgIpc) is 2.78. The summed E-state index contributed by atoms with van der Waals surface area (Å²) in [6.45, 7) is 7.05. The highest BCUT2D eigenvalue weighted by molar-refractivity contribution is 5.77. The van der Waals surface area contributed by atoms with E-state index in [0.717, 1.165) is 37.5 Å². The number of nitrogens with zero attached hydrogens (tertiary/aromatic N) is 2. The van der Waals surface area contributed by atoms with Gasteiger partial charge in [-0.05, 0) is 48.9 Å². The normalized spacial score (nSPS) is 14.5. The molecule has 1 N–H and O–H groups in total. The first-order chi connectivity index (χ1) is 14.5. The third-order valence-electron chi connectivity index (χ3n) is 5.63. The summed E-state index contributed by atoms with van der Waals surface area (Å²) in [5.74, 6) is 0.762. The van der Waals surface area contributed by atoms with Gasteiger partial charge in [-0.1, -0.05) is 6.07 Å². The van der Waals surface area contributed by atoms with Gasteiger partial charge in [0.1, 0.15) is 5.75 Å². The molecule has 1 aliphatic heterocycles. The third kappa shape index (κ3) is 5.42. The standard InChI is InChI=1S/C23H30FN3O3/c1-4-26(16-18-5-10-22(30-3)21(24)15-18)23(28)17-25-11-13-27(14-12-25)19-6-8-20(29-2)9-7-19/h5-10,15H,4,11-14,16-17H2,1-3H3/p+1. The number of rotatable bonds is 8. The zero-order valence-corrected chi connectivity index (χ0v) is 18.0. The molecule has 0 radical (unpaired) electrons. The number of methoxy groups -OCH3 is 2. The lowest BCUT2D eigenvalue weighted by molar-refractivity contribution is -0.892. The van der Waals surface area contributed by atoms with Crippen molar-refractivity contribution in [2.75, 3.05) is 58.4 Å². The second kappa shape index (κ2) is 10.3. The van der Waals surface area contributed by atoms with E-state index in [-0.39, 0.29) is 11.7 Å². The molecule has 0 spiro atoms. The Labute approximate surface area is 177 Å². The van der Waals surface area contributed by atoms with Gasteiger partial charge in [0, 0.05) is 18.8 Å². The molecule has 30 heavy (non-hydrogen) atoms. The number of carbonyl (C=O) groups is 1. The summed E-state index contributed by atoms with van der Waals surface area (Å²) in [7, 11) is 3.11. The summed E-state index contributed by atoms with van der Waals surface area (Å²) in [5, 5.41) is 0. The number of quaternary nitrogens is 1. The van der Waals surface area contributed by atoms with Crippen LogP contribution < -0.4 is 19.3 Å². The SMILES string of the molecule is CCN(Cc1ccc(OC)c(F)c1)C(=O)C[NH+]1CCN(c2ccc(OC)cc2)CC1. The lowest BCUT2D eigenvalue weighted by Gasteiger charge is -2.34. The second-order valence-corrected chi connectivity index (χ2v) is 7.49. The minimum atomic E-state index is -0.404. The lowest BCUT2D eigenvalue weighted by atomic mass is 10.2. The van der Waals surface area contributed by atoms with Gasteiger partial charge in [0.25, 0.3) is 5.91 Å². The van der Waals surface area contributed by atoms with Gasteiger partial charge in [0.15, 0.2) is 18.1 Å². The third-order valence-corrected chi connectivity index (χ3v) is 5.63. The maximum absolute atomic E-state index is 14.0. The number of benzene rings is 2. The zero-order valence-electron chi connectivity index (χ0n) is 18.0. The van der Waals surface area contributed by atoms with Crippen LogP contribution in [0.4, 0.5) is 10.1 Å². The van der Waals surface area contributed by atoms with Crippen molar-refractivity contribution in [3.05, 3.63) is 53.8 Å². The summed E-state index contributed by atoms with van der Waals surface area (Å²) in [6.07, 6.45) is 0. The van der Waals surface area contributed by atoms with Crippen molar-refractivity contribution in [2.45, 2.75) is 13.5 Å². The number of halogens is 1. The molecule has 0 aromatic heterocycles. The van der Waals surface area contributed by atoms with Crippen LogP contribution in [-0.2, 0) is 11.3 Å². The zero-order chi connectivity index (χ0) is 21.5. The summed E-state index contributed by atoms with van der Waals surface area (Å²) in [6, 6.07) is 12.9. The Bertz CT molecular complexity index is 836. The highest BCUT2D eigenvalue weighted by atomic mass is 19.1. The van der Waals surface area contributed by atoms with Crippen molar-refractivity contribution in [3.8, 4) is 11.5 Å². The van der Waals surface area contributed by atoms with Crippen LogP contribution in [0.15, 0.2) is 42.5 Å². The van der Waals surface area contributed by atoms with Crippen molar-refractivity contribution in [2.24, 2.45) is 0 Å². The maximum atomic E-state index is 14.0. The molecule has 0 saturated carbocycles. The molecule has 2 aromatic carbocycles. The molecule has 0 atom stereocenters. The highest BCUT2D eigenvalue weighted by Crippen LogP contribution is 2.20. The van der Waals surface area contributed by atoms with E-state index < -0.39 is 5.82 Å². The molecule has 1 heterocycles. The summed E-state index contributed by atoms with van der Waals surface area (Å²) < 4.78 is 24.1. The van der Waals surface area contributed by atoms with Gasteiger partial charge in [-0.15, -0.1) is 0 Å². The van der Waals surface area contributed by atoms with Crippen LogP contribution in [0.25, 0.3) is 0 Å². The van der Waals surface area contributed by atoms with Gasteiger partial charge in [0.05, 0.1) is 40.4 Å². The molecule has 2 aromatic rings. The number of nitrogens with one attached hydrogen (secondary N) is 1. The fourth-order valence-corrected chi connectivity index (χ4v) is 3.78. The van der Waals surface area contributed by atoms with Crippen LogP contribution in [0, 0.1) is 5.82 Å². The van der Waals surface area contributed by atoms with E-state index in [1.54, 1.807) is 24.1 Å². The van der Waals surface area contributed by atoms with Crippen LogP contribution in [0.2, 0.25) is 0 Å². The van der Waals surface area contributed by atoms with Gasteiger partial charge in [0.2, 0.25) is 0 Å². The number of hydrogen-bond acceptors (Lipinski definition) is 4. The topological polar surface area (TPSA) is 46.5 Å². The van der Waals surface area contributed by atoms with Gasteiger partial charge >= 0.3 is 0 Å². The van der Waals surface area contributed by atoms with Crippen molar-refractivity contribution in [1.82, 2.24) is 4.90 Å². The van der Waals surface area contributed by atoms with Gasteiger partial charge < -0.3 is 24.2 Å². The Balaban J connectivity index is 1.51. The Hall–Kier alpha value is -2.80. The average molecular weight is 417 g/mol. The summed E-state index contributed by atoms with van der Waals surface area (Å²) in [4.78, 5) is 18.2. The van der Waals surface area contributed by atoms with Crippen LogP contribution in [0.3, 0.4) is 0 Å². The van der Waals surface area contributed by atoms with E-state index in [0.29, 0.717) is 19.6 Å². The first-order valence-electron chi connectivity index (χ1n) is 10.4. The van der Waals surface area contributed by atoms with Gasteiger partial charge in [-0.2, -0.15) is 0 Å². The first kappa shape index (κ1) is 21.9. The largest absolute Gasteiger partial charge is 0.497 e. The maximum Gasteiger partial charge on any atom is 0.278 e. The molecular weight excluding hydrogens is 385 g/mol. The quantitative estimate of drug-likeness (QED) is 0.710. The molecule has 1 amide bonds. The van der Waals surface area contributed by atoms with E-state index in [1.165, 1.54) is 23.8 Å². The van der Waals surface area contributed by atoms with E-state index in [2.05, 4.69) is 17.0 Å². The van der Waals surface area contributed by atoms with E-state index in [9.17, 15) is 9.18 Å². The Morgan fingerprint density at radius 3 is 2.37 bits per heavy atom. The number of ether oxygens (including phenoxy) is 2. The minimum Gasteiger partial charge on any atom is -0.497 e. The number of anilines is 1. The molecule has 0 unspecified atom stereocenters. The lowest BCUT2D eigenvalue weighted by Crippen LogP contribution is -3.15. The molecule has 7 heteroatoms. The molecule has 1 saturated heterocycles. The molecule has 0 bridgehead atoms. The van der Waals surface area contributed by atoms with Crippen molar-refractivity contribution in [1.29, 1.82) is 0 Å². The van der Waals surface area contributed by atoms with Crippen LogP contribution in [0.5, 0.6) is 11.5 Å². The second-order valence-electron chi connectivity index (χ2n) is 7.49. The number of piperazine rings is 1. The molecule has 0 aliphatic carbocycles. The van der Waals surface area contributed by atoms with Crippen LogP contribution >= 0.6 is 0 Å².